The number of rotatable bonds is 10. The van der Waals surface area contributed by atoms with Crippen LogP contribution in [-0.4, -0.2) is 55.3 Å². The Morgan fingerprint density at radius 2 is 1.81 bits per heavy atom. The number of carbonyl (C=O) groups excluding carboxylic acids is 1. The minimum absolute atomic E-state index is 0.349. The van der Waals surface area contributed by atoms with Gasteiger partial charge in [0.2, 0.25) is 5.95 Å². The minimum Gasteiger partial charge on any atom is -0.497 e. The van der Waals surface area contributed by atoms with Gasteiger partial charge in [-0.05, 0) is 30.7 Å². The summed E-state index contributed by atoms with van der Waals surface area (Å²) in [6.45, 7) is 1.25. The van der Waals surface area contributed by atoms with Gasteiger partial charge in [0, 0.05) is 55.9 Å². The minimum atomic E-state index is -0.349. The summed E-state index contributed by atoms with van der Waals surface area (Å²) in [5, 5.41) is 5.99. The summed E-state index contributed by atoms with van der Waals surface area (Å²) >= 11 is 0. The second-order valence-corrected chi connectivity index (χ2v) is 6.53. The van der Waals surface area contributed by atoms with E-state index in [1.54, 1.807) is 43.8 Å². The van der Waals surface area contributed by atoms with Crippen LogP contribution < -0.4 is 20.1 Å². The van der Waals surface area contributed by atoms with Gasteiger partial charge in [-0.3, -0.25) is 9.78 Å². The van der Waals surface area contributed by atoms with Crippen molar-refractivity contribution in [3.05, 3.63) is 54.4 Å². The molecule has 0 unspecified atom stereocenters. The van der Waals surface area contributed by atoms with Gasteiger partial charge in [-0.2, -0.15) is 4.98 Å². The number of nitrogens with zero attached hydrogens (tertiary/aromatic N) is 3. The van der Waals surface area contributed by atoms with Crippen molar-refractivity contribution in [3.63, 3.8) is 0 Å². The highest BCUT2D eigenvalue weighted by Gasteiger charge is 2.13. The molecule has 0 aliphatic carbocycles. The molecule has 0 saturated heterocycles. The molecule has 0 fully saturated rings. The van der Waals surface area contributed by atoms with E-state index in [0.717, 1.165) is 12.0 Å². The van der Waals surface area contributed by atoms with E-state index in [-0.39, 0.29) is 5.91 Å². The summed E-state index contributed by atoms with van der Waals surface area (Å²) in [5.41, 5.74) is 1.83. The zero-order valence-corrected chi connectivity index (χ0v) is 17.7. The Hall–Kier alpha value is -3.72. The molecule has 0 atom stereocenters. The van der Waals surface area contributed by atoms with Gasteiger partial charge in [-0.1, -0.05) is 0 Å². The molecule has 162 valence electrons. The van der Waals surface area contributed by atoms with Gasteiger partial charge in [0.15, 0.2) is 0 Å². The first-order valence-corrected chi connectivity index (χ1v) is 9.69. The van der Waals surface area contributed by atoms with E-state index in [0.29, 0.717) is 47.7 Å². The number of aromatic nitrogens is 3. The van der Waals surface area contributed by atoms with Crippen LogP contribution in [0.5, 0.6) is 11.5 Å². The quantitative estimate of drug-likeness (QED) is 0.479. The second-order valence-electron chi connectivity index (χ2n) is 6.53. The van der Waals surface area contributed by atoms with Crippen LogP contribution in [-0.2, 0) is 4.74 Å². The number of carbonyl (C=O) groups is 1. The lowest BCUT2D eigenvalue weighted by atomic mass is 10.1. The average molecular weight is 423 g/mol. The summed E-state index contributed by atoms with van der Waals surface area (Å²) < 4.78 is 15.6. The fraction of sp³-hybridized carbons (Fsp3) is 0.273. The molecule has 2 N–H and O–H groups in total. The number of benzene rings is 1. The normalized spacial score (nSPS) is 10.4. The Balaban J connectivity index is 1.87. The highest BCUT2D eigenvalue weighted by Crippen LogP contribution is 2.24. The number of hydrogen-bond donors (Lipinski definition) is 2. The predicted molar refractivity (Wildman–Crippen MR) is 118 cm³/mol. The third-order valence-electron chi connectivity index (χ3n) is 4.35. The summed E-state index contributed by atoms with van der Waals surface area (Å²) in [7, 11) is 4.71. The first kappa shape index (κ1) is 22.0. The van der Waals surface area contributed by atoms with Gasteiger partial charge in [0.1, 0.15) is 17.3 Å². The number of ether oxygens (including phenoxy) is 3. The first-order valence-electron chi connectivity index (χ1n) is 9.69. The third-order valence-corrected chi connectivity index (χ3v) is 4.35. The molecule has 31 heavy (non-hydrogen) atoms. The van der Waals surface area contributed by atoms with E-state index >= 15 is 0 Å². The molecule has 9 nitrogen and oxygen atoms in total. The zero-order chi connectivity index (χ0) is 22.1. The van der Waals surface area contributed by atoms with Crippen LogP contribution in [0.3, 0.4) is 0 Å². The summed E-state index contributed by atoms with van der Waals surface area (Å²) in [6.07, 6.45) is 4.19. The van der Waals surface area contributed by atoms with Gasteiger partial charge < -0.3 is 24.8 Å². The van der Waals surface area contributed by atoms with Crippen LogP contribution in [0.4, 0.5) is 11.8 Å². The van der Waals surface area contributed by atoms with Crippen LogP contribution in [0.25, 0.3) is 11.3 Å². The number of methoxy groups -OCH3 is 3. The Morgan fingerprint density at radius 3 is 2.45 bits per heavy atom. The van der Waals surface area contributed by atoms with E-state index in [2.05, 4.69) is 25.6 Å². The summed E-state index contributed by atoms with van der Waals surface area (Å²) in [4.78, 5) is 26.0. The monoisotopic (exact) mass is 423 g/mol. The molecule has 0 aliphatic heterocycles. The lowest BCUT2D eigenvalue weighted by molar-refractivity contribution is 0.102. The van der Waals surface area contributed by atoms with Crippen LogP contribution in [0.15, 0.2) is 48.8 Å². The van der Waals surface area contributed by atoms with Crippen LogP contribution in [0, 0.1) is 0 Å². The SMILES string of the molecule is COCCCNc1nc(NC(=O)c2cc(OC)cc(OC)c2)cc(-c2cccnc2)n1. The van der Waals surface area contributed by atoms with Crippen molar-refractivity contribution in [3.8, 4) is 22.8 Å². The molecular weight excluding hydrogens is 398 g/mol. The number of anilines is 2. The smallest absolute Gasteiger partial charge is 0.257 e. The molecule has 0 radical (unpaired) electrons. The van der Waals surface area contributed by atoms with Crippen LogP contribution >= 0.6 is 0 Å². The fourth-order valence-corrected chi connectivity index (χ4v) is 2.80. The van der Waals surface area contributed by atoms with E-state index < -0.39 is 0 Å². The summed E-state index contributed by atoms with van der Waals surface area (Å²) in [6, 6.07) is 10.4. The summed E-state index contributed by atoms with van der Waals surface area (Å²) in [5.74, 6) is 1.44. The molecule has 0 spiro atoms. The molecular formula is C22H25N5O4. The van der Waals surface area contributed by atoms with Gasteiger partial charge in [0.05, 0.1) is 19.9 Å². The molecule has 1 amide bonds. The standard InChI is InChI=1S/C22H25N5O4/c1-29-9-5-8-24-22-25-19(15-6-4-7-23-14-15)13-20(27-22)26-21(28)16-10-17(30-2)12-18(11-16)31-3/h4,6-7,10-14H,5,8-9H2,1-3H3,(H2,24,25,26,27,28). The number of amides is 1. The van der Waals surface area contributed by atoms with Gasteiger partial charge in [-0.15, -0.1) is 0 Å². The van der Waals surface area contributed by atoms with E-state index in [1.807, 2.05) is 12.1 Å². The van der Waals surface area contributed by atoms with Crippen molar-refractivity contribution in [2.45, 2.75) is 6.42 Å². The molecule has 0 bridgehead atoms. The maximum atomic E-state index is 12.9. The first-order chi connectivity index (χ1) is 15.1. The third kappa shape index (κ3) is 6.13. The lowest BCUT2D eigenvalue weighted by Crippen LogP contribution is -2.15. The van der Waals surface area contributed by atoms with Crippen molar-refractivity contribution in [2.75, 3.05) is 45.1 Å². The van der Waals surface area contributed by atoms with Crippen molar-refractivity contribution >= 4 is 17.7 Å². The lowest BCUT2D eigenvalue weighted by Gasteiger charge is -2.12. The molecule has 2 aromatic heterocycles. The van der Waals surface area contributed by atoms with Gasteiger partial charge in [0.25, 0.3) is 5.91 Å². The highest BCUT2D eigenvalue weighted by atomic mass is 16.5. The van der Waals surface area contributed by atoms with E-state index in [9.17, 15) is 4.79 Å². The molecule has 2 heterocycles. The molecule has 0 aliphatic rings. The van der Waals surface area contributed by atoms with Crippen LogP contribution in [0.2, 0.25) is 0 Å². The highest BCUT2D eigenvalue weighted by molar-refractivity contribution is 6.04. The van der Waals surface area contributed by atoms with Crippen LogP contribution in [0.1, 0.15) is 16.8 Å². The Kier molecular flexibility index (Phi) is 7.72. The Morgan fingerprint density at radius 1 is 1.03 bits per heavy atom. The topological polar surface area (TPSA) is 107 Å². The van der Waals surface area contributed by atoms with E-state index in [4.69, 9.17) is 14.2 Å². The second kappa shape index (κ2) is 10.9. The van der Waals surface area contributed by atoms with Crippen molar-refractivity contribution in [1.29, 1.82) is 0 Å². The van der Waals surface area contributed by atoms with E-state index in [1.165, 1.54) is 14.2 Å². The molecule has 3 rings (SSSR count). The molecule has 1 aromatic carbocycles. The fourth-order valence-electron chi connectivity index (χ4n) is 2.80. The zero-order valence-electron chi connectivity index (χ0n) is 17.7. The number of pyridine rings is 1. The van der Waals surface area contributed by atoms with Gasteiger partial charge in [-0.25, -0.2) is 4.98 Å². The largest absolute Gasteiger partial charge is 0.497 e. The number of hydrogen-bond acceptors (Lipinski definition) is 8. The molecule has 9 heteroatoms. The number of nitrogens with one attached hydrogen (secondary N) is 2. The average Bonchev–Trinajstić information content (AvgIpc) is 2.82. The predicted octanol–water partition coefficient (Wildman–Crippen LogP) is 3.26. The Bertz CT molecular complexity index is 992. The van der Waals surface area contributed by atoms with Gasteiger partial charge >= 0.3 is 0 Å². The maximum absolute atomic E-state index is 12.9. The maximum Gasteiger partial charge on any atom is 0.257 e. The van der Waals surface area contributed by atoms with Crippen molar-refractivity contribution in [1.82, 2.24) is 15.0 Å². The molecule has 0 saturated carbocycles. The van der Waals surface area contributed by atoms with Crippen molar-refractivity contribution < 1.29 is 19.0 Å². The molecule has 3 aromatic rings. The van der Waals surface area contributed by atoms with Crippen molar-refractivity contribution in [2.24, 2.45) is 0 Å². The Labute approximate surface area is 180 Å².